The number of hydrogen-bond donors (Lipinski definition) is 1. The fraction of sp³-hybridized carbons (Fsp3) is 0.909. The van der Waals surface area contributed by atoms with Gasteiger partial charge in [0.25, 0.3) is 0 Å². The van der Waals surface area contributed by atoms with Gasteiger partial charge < -0.3 is 14.8 Å². The summed E-state index contributed by atoms with van der Waals surface area (Å²) in [5.74, 6) is -0.253. The Kier molecular flexibility index (Phi) is 7.03. The standard InChI is InChI=1S/C11H21BrN2O3/c1-3-14-4-5-17-9(8-14)6-13-7-10(12)11(15)16-2/h9-10,13H,3-8H2,1-2H3. The van der Waals surface area contributed by atoms with Crippen LogP contribution < -0.4 is 5.32 Å². The number of halogens is 1. The topological polar surface area (TPSA) is 50.8 Å². The molecule has 0 radical (unpaired) electrons. The molecule has 1 aliphatic heterocycles. The molecule has 0 saturated carbocycles. The molecule has 0 aromatic heterocycles. The van der Waals surface area contributed by atoms with Crippen molar-refractivity contribution in [3.63, 3.8) is 0 Å². The lowest BCUT2D eigenvalue weighted by molar-refractivity contribution is -0.139. The van der Waals surface area contributed by atoms with Crippen LogP contribution in [-0.2, 0) is 14.3 Å². The van der Waals surface area contributed by atoms with Crippen LogP contribution in [0.5, 0.6) is 0 Å². The third-order valence-electron chi connectivity index (χ3n) is 2.82. The van der Waals surface area contributed by atoms with E-state index in [4.69, 9.17) is 4.74 Å². The largest absolute Gasteiger partial charge is 0.468 e. The zero-order valence-electron chi connectivity index (χ0n) is 10.4. The Morgan fingerprint density at radius 3 is 3.12 bits per heavy atom. The van der Waals surface area contributed by atoms with Crippen molar-refractivity contribution >= 4 is 21.9 Å². The number of carbonyl (C=O) groups is 1. The number of alkyl halides is 1. The Morgan fingerprint density at radius 1 is 1.71 bits per heavy atom. The fourth-order valence-electron chi connectivity index (χ4n) is 1.77. The Hall–Kier alpha value is -0.170. The Balaban J connectivity index is 2.15. The molecule has 0 aromatic carbocycles. The molecule has 5 nitrogen and oxygen atoms in total. The molecule has 1 N–H and O–H groups in total. The maximum absolute atomic E-state index is 11.1. The summed E-state index contributed by atoms with van der Waals surface area (Å²) >= 11 is 3.27. The lowest BCUT2D eigenvalue weighted by Gasteiger charge is -2.32. The van der Waals surface area contributed by atoms with Crippen LogP contribution in [0.3, 0.4) is 0 Å². The van der Waals surface area contributed by atoms with E-state index in [0.29, 0.717) is 6.54 Å². The molecule has 0 aromatic rings. The Labute approximate surface area is 111 Å². The first-order valence-electron chi connectivity index (χ1n) is 5.94. The van der Waals surface area contributed by atoms with Crippen molar-refractivity contribution in [1.29, 1.82) is 0 Å². The molecule has 17 heavy (non-hydrogen) atoms. The minimum atomic E-state index is -0.293. The van der Waals surface area contributed by atoms with Gasteiger partial charge in [0.1, 0.15) is 4.83 Å². The maximum Gasteiger partial charge on any atom is 0.320 e. The van der Waals surface area contributed by atoms with Gasteiger partial charge in [0.2, 0.25) is 0 Å². The molecule has 1 aliphatic rings. The van der Waals surface area contributed by atoms with Crippen LogP contribution >= 0.6 is 15.9 Å². The number of esters is 1. The second-order valence-electron chi connectivity index (χ2n) is 4.03. The molecule has 2 atom stereocenters. The fourth-order valence-corrected chi connectivity index (χ4v) is 2.19. The first-order valence-corrected chi connectivity index (χ1v) is 6.85. The van der Waals surface area contributed by atoms with Crippen LogP contribution in [0.2, 0.25) is 0 Å². The molecule has 0 amide bonds. The number of ether oxygens (including phenoxy) is 2. The highest BCUT2D eigenvalue weighted by Gasteiger charge is 2.20. The number of methoxy groups -OCH3 is 1. The summed E-state index contributed by atoms with van der Waals surface area (Å²) in [7, 11) is 1.39. The number of nitrogens with zero attached hydrogens (tertiary/aromatic N) is 1. The molecule has 6 heteroatoms. The van der Waals surface area contributed by atoms with Gasteiger partial charge in [0.05, 0.1) is 19.8 Å². The third-order valence-corrected chi connectivity index (χ3v) is 3.52. The van der Waals surface area contributed by atoms with E-state index in [1.165, 1.54) is 7.11 Å². The smallest absolute Gasteiger partial charge is 0.320 e. The van der Waals surface area contributed by atoms with Gasteiger partial charge in [-0.25, -0.2) is 0 Å². The summed E-state index contributed by atoms with van der Waals surface area (Å²) in [6, 6.07) is 0. The predicted molar refractivity (Wildman–Crippen MR) is 69.5 cm³/mol. The van der Waals surface area contributed by atoms with Gasteiger partial charge in [-0.2, -0.15) is 0 Å². The molecular weight excluding hydrogens is 288 g/mol. The number of nitrogens with one attached hydrogen (secondary N) is 1. The van der Waals surface area contributed by atoms with Crippen LogP contribution in [0.25, 0.3) is 0 Å². The van der Waals surface area contributed by atoms with Gasteiger partial charge in [-0.1, -0.05) is 22.9 Å². The van der Waals surface area contributed by atoms with E-state index >= 15 is 0 Å². The highest BCUT2D eigenvalue weighted by atomic mass is 79.9. The van der Waals surface area contributed by atoms with E-state index in [-0.39, 0.29) is 16.9 Å². The lowest BCUT2D eigenvalue weighted by atomic mass is 10.2. The van der Waals surface area contributed by atoms with E-state index in [1.807, 2.05) is 0 Å². The summed E-state index contributed by atoms with van der Waals surface area (Å²) in [6.45, 7) is 7.28. The minimum absolute atomic E-state index is 0.209. The van der Waals surface area contributed by atoms with E-state index in [9.17, 15) is 4.79 Å². The van der Waals surface area contributed by atoms with Crippen LogP contribution in [0.15, 0.2) is 0 Å². The normalized spacial score (nSPS) is 23.4. The molecule has 2 unspecified atom stereocenters. The van der Waals surface area contributed by atoms with Crippen molar-refractivity contribution < 1.29 is 14.3 Å². The van der Waals surface area contributed by atoms with E-state index in [2.05, 4.69) is 37.8 Å². The zero-order chi connectivity index (χ0) is 12.7. The second-order valence-corrected chi connectivity index (χ2v) is 5.14. The Morgan fingerprint density at radius 2 is 2.47 bits per heavy atom. The summed E-state index contributed by atoms with van der Waals surface area (Å²) < 4.78 is 10.3. The summed E-state index contributed by atoms with van der Waals surface area (Å²) in [4.78, 5) is 13.2. The third kappa shape index (κ3) is 5.33. The quantitative estimate of drug-likeness (QED) is 0.562. The van der Waals surface area contributed by atoms with Crippen molar-refractivity contribution in [3.8, 4) is 0 Å². The molecule has 0 spiro atoms. The highest BCUT2D eigenvalue weighted by molar-refractivity contribution is 9.10. The monoisotopic (exact) mass is 308 g/mol. The van der Waals surface area contributed by atoms with E-state index in [0.717, 1.165) is 32.8 Å². The van der Waals surface area contributed by atoms with E-state index < -0.39 is 0 Å². The number of hydrogen-bond acceptors (Lipinski definition) is 5. The summed E-state index contributed by atoms with van der Waals surface area (Å²) in [5, 5.41) is 3.22. The summed E-state index contributed by atoms with van der Waals surface area (Å²) in [5.41, 5.74) is 0. The van der Waals surface area contributed by atoms with Gasteiger partial charge in [-0.15, -0.1) is 0 Å². The van der Waals surface area contributed by atoms with Gasteiger partial charge >= 0.3 is 5.97 Å². The number of rotatable bonds is 6. The molecule has 0 bridgehead atoms. The minimum Gasteiger partial charge on any atom is -0.468 e. The SMILES string of the molecule is CCN1CCOC(CNCC(Br)C(=O)OC)C1. The average molecular weight is 309 g/mol. The van der Waals surface area contributed by atoms with Crippen molar-refractivity contribution in [2.75, 3.05) is 46.4 Å². The number of likely N-dealkylation sites (N-methyl/N-ethyl adjacent to an activating group) is 1. The van der Waals surface area contributed by atoms with Gasteiger partial charge in [0.15, 0.2) is 0 Å². The van der Waals surface area contributed by atoms with E-state index in [1.54, 1.807) is 0 Å². The molecule has 1 fully saturated rings. The molecule has 1 heterocycles. The van der Waals surface area contributed by atoms with Gasteiger partial charge in [-0.3, -0.25) is 9.69 Å². The highest BCUT2D eigenvalue weighted by Crippen LogP contribution is 2.04. The molecule has 0 aliphatic carbocycles. The molecule has 1 saturated heterocycles. The van der Waals surface area contributed by atoms with Crippen molar-refractivity contribution in [1.82, 2.24) is 10.2 Å². The van der Waals surface area contributed by atoms with Crippen LogP contribution in [-0.4, -0.2) is 68.2 Å². The lowest BCUT2D eigenvalue weighted by Crippen LogP contribution is -2.47. The van der Waals surface area contributed by atoms with Gasteiger partial charge in [0, 0.05) is 26.2 Å². The zero-order valence-corrected chi connectivity index (χ0v) is 12.0. The molecule has 100 valence electrons. The van der Waals surface area contributed by atoms with Crippen LogP contribution in [0, 0.1) is 0 Å². The number of carbonyl (C=O) groups excluding carboxylic acids is 1. The molecule has 1 rings (SSSR count). The van der Waals surface area contributed by atoms with Crippen LogP contribution in [0.1, 0.15) is 6.92 Å². The van der Waals surface area contributed by atoms with Crippen LogP contribution in [0.4, 0.5) is 0 Å². The van der Waals surface area contributed by atoms with Crippen molar-refractivity contribution in [2.24, 2.45) is 0 Å². The first kappa shape index (κ1) is 14.9. The first-order chi connectivity index (χ1) is 8.17. The van der Waals surface area contributed by atoms with Crippen molar-refractivity contribution in [2.45, 2.75) is 17.9 Å². The van der Waals surface area contributed by atoms with Gasteiger partial charge in [-0.05, 0) is 6.54 Å². The second kappa shape index (κ2) is 8.02. The van der Waals surface area contributed by atoms with Crippen molar-refractivity contribution in [3.05, 3.63) is 0 Å². The molecular formula is C11H21BrN2O3. The predicted octanol–water partition coefficient (Wildman–Crippen LogP) is 0.233. The maximum atomic E-state index is 11.1. The average Bonchev–Trinajstić information content (AvgIpc) is 2.37. The number of morpholine rings is 1. The summed E-state index contributed by atoms with van der Waals surface area (Å²) in [6.07, 6.45) is 0.209. The Bertz CT molecular complexity index is 241.